The lowest BCUT2D eigenvalue weighted by Crippen LogP contribution is -2.47. The van der Waals surface area contributed by atoms with Gasteiger partial charge in [0, 0.05) is 29.7 Å². The molecule has 10 heteroatoms. The molecule has 0 radical (unpaired) electrons. The summed E-state index contributed by atoms with van der Waals surface area (Å²) in [5, 5.41) is 13.7. The van der Waals surface area contributed by atoms with Crippen molar-refractivity contribution < 1.29 is 9.53 Å². The molecule has 1 N–H and O–H groups in total. The predicted molar refractivity (Wildman–Crippen MR) is 130 cm³/mol. The molecule has 4 rings (SSSR count). The first-order valence-electron chi connectivity index (χ1n) is 10.6. The molecule has 8 nitrogen and oxygen atoms in total. The number of aromatic nitrogens is 3. The average Bonchev–Trinajstić information content (AvgIpc) is 3.11. The van der Waals surface area contributed by atoms with Crippen LogP contribution in [0.25, 0.3) is 16.9 Å². The van der Waals surface area contributed by atoms with Crippen LogP contribution in [0, 0.1) is 11.3 Å². The molecule has 2 aromatic heterocycles. The predicted octanol–water partition coefficient (Wildman–Crippen LogP) is 5.50. The quantitative estimate of drug-likeness (QED) is 0.480. The molecule has 0 unspecified atom stereocenters. The van der Waals surface area contributed by atoms with Crippen LogP contribution in [0.5, 0.6) is 0 Å². The Morgan fingerprint density at radius 1 is 1.33 bits per heavy atom. The topological polar surface area (TPSA) is 95.5 Å². The Hall–Kier alpha value is -2.83. The normalized spacial score (nSPS) is 16.5. The van der Waals surface area contributed by atoms with Gasteiger partial charge in [-0.05, 0) is 61.7 Å². The van der Waals surface area contributed by atoms with E-state index >= 15 is 0 Å². The van der Waals surface area contributed by atoms with Gasteiger partial charge < -0.3 is 15.0 Å². The van der Waals surface area contributed by atoms with Crippen molar-refractivity contribution in [1.82, 2.24) is 19.3 Å². The van der Waals surface area contributed by atoms with Gasteiger partial charge >= 0.3 is 6.09 Å². The third kappa shape index (κ3) is 5.07. The number of hydrogen-bond acceptors (Lipinski definition) is 6. The maximum atomic E-state index is 12.5. The van der Waals surface area contributed by atoms with Crippen LogP contribution < -0.4 is 5.32 Å². The molecule has 1 aliphatic heterocycles. The molecule has 1 amide bonds. The highest BCUT2D eigenvalue weighted by molar-refractivity contribution is 9.10. The van der Waals surface area contributed by atoms with Crippen LogP contribution in [0.3, 0.4) is 0 Å². The monoisotopic (exact) mass is 530 g/mol. The van der Waals surface area contributed by atoms with Crippen molar-refractivity contribution in [2.24, 2.45) is 0 Å². The van der Waals surface area contributed by atoms with Gasteiger partial charge in [0.2, 0.25) is 0 Å². The number of imidazole rings is 1. The summed E-state index contributed by atoms with van der Waals surface area (Å²) in [6.07, 6.45) is 2.92. The molecular formula is C23H24BrClN6O2. The van der Waals surface area contributed by atoms with E-state index in [2.05, 4.69) is 32.3 Å². The Kier molecular flexibility index (Phi) is 6.50. The molecule has 3 aromatic rings. The summed E-state index contributed by atoms with van der Waals surface area (Å²) in [6, 6.07) is 9.49. The van der Waals surface area contributed by atoms with E-state index in [1.807, 2.05) is 32.9 Å². The molecule has 0 aliphatic carbocycles. The van der Waals surface area contributed by atoms with Crippen LogP contribution >= 0.6 is 27.5 Å². The molecule has 172 valence electrons. The zero-order valence-corrected chi connectivity index (χ0v) is 20.9. The Morgan fingerprint density at radius 3 is 2.73 bits per heavy atom. The number of carbonyl (C=O) groups excluding carboxylic acids is 1. The molecule has 1 saturated heterocycles. The minimum Gasteiger partial charge on any atom is -0.444 e. The zero-order chi connectivity index (χ0) is 23.8. The highest BCUT2D eigenvalue weighted by Crippen LogP contribution is 2.33. The first-order valence-corrected chi connectivity index (χ1v) is 11.8. The smallest absolute Gasteiger partial charge is 0.410 e. The standard InChI is InChI=1S/C23H24BrClN6O2/c1-23(2,3)33-22(32)30-10-4-5-16(13-30)28-20-21-29-18(14-6-8-15(25)9-7-14)19(24)31(21)17(11-26)12-27-20/h6-9,12,16H,4-5,10,13H2,1-3H3,(H,27,28)/t16-/m0/s1. The van der Waals surface area contributed by atoms with Gasteiger partial charge in [0.15, 0.2) is 11.5 Å². The van der Waals surface area contributed by atoms with Gasteiger partial charge in [0.1, 0.15) is 27.7 Å². The van der Waals surface area contributed by atoms with Crippen LogP contribution in [-0.2, 0) is 4.74 Å². The van der Waals surface area contributed by atoms with Crippen molar-refractivity contribution in [3.05, 3.63) is 45.8 Å². The Labute approximate surface area is 205 Å². The lowest BCUT2D eigenvalue weighted by atomic mass is 10.1. The number of benzene rings is 1. The maximum absolute atomic E-state index is 12.5. The minimum absolute atomic E-state index is 0.0232. The molecule has 33 heavy (non-hydrogen) atoms. The second-order valence-corrected chi connectivity index (χ2v) is 10.1. The van der Waals surface area contributed by atoms with Gasteiger partial charge in [-0.3, -0.25) is 4.40 Å². The van der Waals surface area contributed by atoms with Gasteiger partial charge in [0.25, 0.3) is 0 Å². The van der Waals surface area contributed by atoms with Crippen molar-refractivity contribution in [3.63, 3.8) is 0 Å². The second kappa shape index (κ2) is 9.20. The lowest BCUT2D eigenvalue weighted by molar-refractivity contribution is 0.0206. The van der Waals surface area contributed by atoms with E-state index in [4.69, 9.17) is 21.3 Å². The number of amides is 1. The number of carbonyl (C=O) groups is 1. The fourth-order valence-corrected chi connectivity index (χ4v) is 4.58. The number of nitrogens with one attached hydrogen (secondary N) is 1. The summed E-state index contributed by atoms with van der Waals surface area (Å²) in [5.74, 6) is 0.547. The first-order chi connectivity index (χ1) is 15.7. The van der Waals surface area contributed by atoms with E-state index in [-0.39, 0.29) is 12.1 Å². The summed E-state index contributed by atoms with van der Waals surface area (Å²) >= 11 is 9.64. The summed E-state index contributed by atoms with van der Waals surface area (Å²) < 4.78 is 7.91. The minimum atomic E-state index is -0.543. The summed E-state index contributed by atoms with van der Waals surface area (Å²) in [5.41, 5.74) is 1.88. The highest BCUT2D eigenvalue weighted by Gasteiger charge is 2.28. The molecule has 1 atom stereocenters. The molecule has 1 fully saturated rings. The number of ether oxygens (including phenoxy) is 1. The number of fused-ring (bicyclic) bond motifs is 1. The largest absolute Gasteiger partial charge is 0.444 e. The number of rotatable bonds is 3. The molecular weight excluding hydrogens is 508 g/mol. The fraction of sp³-hybridized carbons (Fsp3) is 0.391. The summed E-state index contributed by atoms with van der Waals surface area (Å²) in [4.78, 5) is 23.5. The number of nitriles is 1. The number of anilines is 1. The van der Waals surface area contributed by atoms with Crippen molar-refractivity contribution in [2.45, 2.75) is 45.3 Å². The van der Waals surface area contributed by atoms with Crippen molar-refractivity contribution in [2.75, 3.05) is 18.4 Å². The van der Waals surface area contributed by atoms with Gasteiger partial charge in [-0.1, -0.05) is 23.7 Å². The number of likely N-dealkylation sites (tertiary alicyclic amines) is 1. The van der Waals surface area contributed by atoms with E-state index in [9.17, 15) is 10.1 Å². The van der Waals surface area contributed by atoms with Crippen LogP contribution in [0.2, 0.25) is 5.02 Å². The van der Waals surface area contributed by atoms with Gasteiger partial charge in [-0.25, -0.2) is 14.8 Å². The molecule has 1 aliphatic rings. The van der Waals surface area contributed by atoms with Crippen LogP contribution in [0.1, 0.15) is 39.3 Å². The molecule has 0 spiro atoms. The number of nitrogens with zero attached hydrogens (tertiary/aromatic N) is 5. The summed E-state index contributed by atoms with van der Waals surface area (Å²) in [6.45, 7) is 6.72. The number of piperidine rings is 1. The third-order valence-electron chi connectivity index (χ3n) is 5.24. The first kappa shape index (κ1) is 23.3. The van der Waals surface area contributed by atoms with Gasteiger partial charge in [-0.2, -0.15) is 5.26 Å². The Morgan fingerprint density at radius 2 is 2.06 bits per heavy atom. The zero-order valence-electron chi connectivity index (χ0n) is 18.6. The Bertz CT molecular complexity index is 1230. The van der Waals surface area contributed by atoms with Crippen LogP contribution in [-0.4, -0.2) is 50.1 Å². The van der Waals surface area contributed by atoms with E-state index < -0.39 is 5.60 Å². The SMILES string of the molecule is CC(C)(C)OC(=O)N1CCC[C@H](Nc2ncc(C#N)n3c(Br)c(-c4ccc(Cl)cc4)nc23)C1. The maximum Gasteiger partial charge on any atom is 0.410 e. The van der Waals surface area contributed by atoms with Crippen LogP contribution in [0.15, 0.2) is 35.1 Å². The molecule has 1 aromatic carbocycles. The van der Waals surface area contributed by atoms with Gasteiger partial charge in [0.05, 0.1) is 6.20 Å². The van der Waals surface area contributed by atoms with Gasteiger partial charge in [-0.15, -0.1) is 0 Å². The van der Waals surface area contributed by atoms with E-state index in [1.165, 1.54) is 6.20 Å². The van der Waals surface area contributed by atoms with E-state index in [0.29, 0.717) is 45.6 Å². The Balaban J connectivity index is 1.64. The van der Waals surface area contributed by atoms with Crippen LogP contribution in [0.4, 0.5) is 10.6 Å². The van der Waals surface area contributed by atoms with Crippen molar-refractivity contribution >= 4 is 45.1 Å². The number of hydrogen-bond donors (Lipinski definition) is 1. The molecule has 0 saturated carbocycles. The van der Waals surface area contributed by atoms with E-state index in [0.717, 1.165) is 18.4 Å². The fourth-order valence-electron chi connectivity index (χ4n) is 3.77. The molecule has 0 bridgehead atoms. The van der Waals surface area contributed by atoms with Crippen molar-refractivity contribution in [1.29, 1.82) is 5.26 Å². The number of halogens is 2. The average molecular weight is 532 g/mol. The third-order valence-corrected chi connectivity index (χ3v) is 6.22. The highest BCUT2D eigenvalue weighted by atomic mass is 79.9. The molecule has 3 heterocycles. The van der Waals surface area contributed by atoms with E-state index in [1.54, 1.807) is 21.4 Å². The van der Waals surface area contributed by atoms with Crippen molar-refractivity contribution in [3.8, 4) is 17.3 Å². The summed E-state index contributed by atoms with van der Waals surface area (Å²) in [7, 11) is 0. The lowest BCUT2D eigenvalue weighted by Gasteiger charge is -2.34. The second-order valence-electron chi connectivity index (χ2n) is 8.93.